The number of hydrogen-bond acceptors (Lipinski definition) is 6. The maximum Gasteiger partial charge on any atom is 0.483 e. The monoisotopic (exact) mass is 582 g/mol. The zero-order chi connectivity index (χ0) is 29.9. The number of carbonyl (C=O) groups is 3. The van der Waals surface area contributed by atoms with E-state index in [1.54, 1.807) is 25.5 Å². The highest BCUT2D eigenvalue weighted by Gasteiger charge is 2.49. The van der Waals surface area contributed by atoms with Crippen LogP contribution in [0.1, 0.15) is 67.9 Å². The summed E-state index contributed by atoms with van der Waals surface area (Å²) in [5.74, 6) is 0.274. The van der Waals surface area contributed by atoms with Crippen LogP contribution < -0.4 is 10.2 Å². The molecule has 3 aromatic rings. The first kappa shape index (κ1) is 30.2. The molecule has 5 rings (SSSR count). The number of rotatable bonds is 6. The number of nitrogens with one attached hydrogen (secondary N) is 1. The molecule has 2 heterocycles. The fourth-order valence-corrected chi connectivity index (χ4v) is 6.09. The van der Waals surface area contributed by atoms with Gasteiger partial charge in [-0.25, -0.2) is 4.79 Å². The van der Waals surface area contributed by atoms with Crippen molar-refractivity contribution in [2.24, 2.45) is 5.41 Å². The van der Waals surface area contributed by atoms with E-state index in [1.165, 1.54) is 5.56 Å². The summed E-state index contributed by atoms with van der Waals surface area (Å²) in [5.41, 5.74) is 5.58. The summed E-state index contributed by atoms with van der Waals surface area (Å²) in [4.78, 5) is 45.2. The van der Waals surface area contributed by atoms with E-state index in [1.807, 2.05) is 30.3 Å². The molecule has 7 nitrogen and oxygen atoms in total. The number of halogens is 3. The van der Waals surface area contributed by atoms with Crippen molar-refractivity contribution < 1.29 is 23.2 Å². The van der Waals surface area contributed by atoms with E-state index < -0.39 is 6.29 Å². The van der Waals surface area contributed by atoms with Gasteiger partial charge in [0, 0.05) is 60.4 Å². The van der Waals surface area contributed by atoms with Crippen molar-refractivity contribution in [1.29, 1.82) is 0 Å². The molecule has 1 fully saturated rings. The fourth-order valence-electron chi connectivity index (χ4n) is 5.96. The normalized spacial score (nSPS) is 19.1. The van der Waals surface area contributed by atoms with Gasteiger partial charge in [0.05, 0.1) is 23.6 Å². The van der Waals surface area contributed by atoms with Gasteiger partial charge in [-0.3, -0.25) is 19.6 Å². The number of carbonyl (C=O) groups excluding carboxylic acids is 3. The van der Waals surface area contributed by atoms with Crippen molar-refractivity contribution in [2.75, 3.05) is 11.4 Å². The Kier molecular flexibility index (Phi) is 9.17. The molecule has 1 N–H and O–H groups in total. The van der Waals surface area contributed by atoms with Crippen LogP contribution in [0.15, 0.2) is 55.0 Å². The molecule has 0 bridgehead atoms. The molecule has 0 radical (unpaired) electrons. The Balaban J connectivity index is 0.000000909. The average Bonchev–Trinajstić information content (AvgIpc) is 3.43. The van der Waals surface area contributed by atoms with Gasteiger partial charge in [0.25, 0.3) is 0 Å². The van der Waals surface area contributed by atoms with Crippen molar-refractivity contribution in [3.8, 4) is 11.3 Å². The molecule has 1 aromatic heterocycles. The van der Waals surface area contributed by atoms with Crippen LogP contribution >= 0.6 is 11.6 Å². The number of nitrogens with zero attached hydrogens (tertiary/aromatic N) is 3. The van der Waals surface area contributed by atoms with Crippen LogP contribution in [0.2, 0.25) is 5.02 Å². The van der Waals surface area contributed by atoms with Gasteiger partial charge in [0.1, 0.15) is 0 Å². The highest BCUT2D eigenvalue weighted by Crippen LogP contribution is 2.53. The van der Waals surface area contributed by atoms with Gasteiger partial charge in [0.15, 0.2) is 5.78 Å². The minimum absolute atomic E-state index is 0.00899. The molecular formula is C31H33ClF2N4O3. The van der Waals surface area contributed by atoms with Gasteiger partial charge in [0.2, 0.25) is 5.91 Å². The highest BCUT2D eigenvalue weighted by atomic mass is 35.5. The Bertz CT molecular complexity index is 1420. The molecule has 0 spiro atoms. The maximum atomic E-state index is 13.6. The number of amides is 1. The van der Waals surface area contributed by atoms with E-state index in [4.69, 9.17) is 16.4 Å². The van der Waals surface area contributed by atoms with E-state index in [0.717, 1.165) is 41.9 Å². The van der Waals surface area contributed by atoms with Crippen LogP contribution in [0.3, 0.4) is 0 Å². The summed E-state index contributed by atoms with van der Waals surface area (Å²) in [6.07, 6.45) is 4.44. The van der Waals surface area contributed by atoms with Crippen LogP contribution in [0.25, 0.3) is 11.3 Å². The lowest BCUT2D eigenvalue weighted by atomic mass is 9.90. The van der Waals surface area contributed by atoms with Gasteiger partial charge < -0.3 is 10.2 Å². The lowest BCUT2D eigenvalue weighted by Gasteiger charge is -2.37. The second kappa shape index (κ2) is 12.4. The van der Waals surface area contributed by atoms with Crippen molar-refractivity contribution in [2.45, 2.75) is 65.0 Å². The Morgan fingerprint density at radius 3 is 2.34 bits per heavy atom. The molecule has 1 saturated carbocycles. The second-order valence-electron chi connectivity index (χ2n) is 11.7. The first-order valence-electron chi connectivity index (χ1n) is 13.4. The van der Waals surface area contributed by atoms with Crippen molar-refractivity contribution in [3.05, 3.63) is 76.7 Å². The predicted octanol–water partition coefficient (Wildman–Crippen LogP) is 6.88. The molecule has 2 aromatic carbocycles. The Labute approximate surface area is 243 Å². The van der Waals surface area contributed by atoms with Crippen molar-refractivity contribution in [1.82, 2.24) is 15.3 Å². The minimum atomic E-state index is -2.83. The number of hydrogen-bond donors (Lipinski definition) is 1. The first-order valence-corrected chi connectivity index (χ1v) is 13.8. The molecule has 216 valence electrons. The van der Waals surface area contributed by atoms with E-state index >= 15 is 0 Å². The topological polar surface area (TPSA) is 92.3 Å². The molecular weight excluding hydrogens is 550 g/mol. The molecule has 10 heteroatoms. The number of aromatic nitrogens is 2. The minimum Gasteiger partial charge on any atom is -0.365 e. The van der Waals surface area contributed by atoms with Gasteiger partial charge >= 0.3 is 6.29 Å². The van der Waals surface area contributed by atoms with Gasteiger partial charge in [-0.05, 0) is 53.6 Å². The number of benzene rings is 2. The number of anilines is 1. The van der Waals surface area contributed by atoms with Crippen LogP contribution in [-0.4, -0.2) is 46.6 Å². The molecule has 0 saturated heterocycles. The summed E-state index contributed by atoms with van der Waals surface area (Å²) in [6, 6.07) is 11.7. The largest absolute Gasteiger partial charge is 0.483 e. The SMILES string of the molecule is CC(=O)N[C@@H]1CC[C@H]2c3cc(C(=O)Cc4ccc(Cl)cc4)cc(-c4cnccn4)c3N(CC(C)(C)C)[C@@H]12.O=C(F)F. The third kappa shape index (κ3) is 7.33. The van der Waals surface area contributed by atoms with Crippen molar-refractivity contribution in [3.63, 3.8) is 0 Å². The van der Waals surface area contributed by atoms with E-state index in [-0.39, 0.29) is 35.1 Å². The smallest absolute Gasteiger partial charge is 0.365 e. The molecule has 1 aliphatic heterocycles. The average molecular weight is 583 g/mol. The number of ketones is 1. The molecule has 0 unspecified atom stereocenters. The van der Waals surface area contributed by atoms with Gasteiger partial charge in [-0.2, -0.15) is 0 Å². The summed E-state index contributed by atoms with van der Waals surface area (Å²) < 4.78 is 19.4. The molecule has 3 atom stereocenters. The molecule has 1 amide bonds. The summed E-state index contributed by atoms with van der Waals surface area (Å²) in [7, 11) is 0. The maximum absolute atomic E-state index is 13.6. The third-order valence-electron chi connectivity index (χ3n) is 7.27. The lowest BCUT2D eigenvalue weighted by Crippen LogP contribution is -2.50. The quantitative estimate of drug-likeness (QED) is 0.251. The highest BCUT2D eigenvalue weighted by molar-refractivity contribution is 6.30. The summed E-state index contributed by atoms with van der Waals surface area (Å²) in [6.45, 7) is 9.10. The van der Waals surface area contributed by atoms with E-state index in [9.17, 15) is 18.4 Å². The summed E-state index contributed by atoms with van der Waals surface area (Å²) in [5, 5.41) is 3.86. The Hall–Kier alpha value is -3.72. The van der Waals surface area contributed by atoms with Crippen molar-refractivity contribution >= 4 is 35.3 Å². The second-order valence-corrected chi connectivity index (χ2v) is 12.1. The predicted molar refractivity (Wildman–Crippen MR) is 155 cm³/mol. The first-order chi connectivity index (χ1) is 19.3. The van der Waals surface area contributed by atoms with Crippen LogP contribution in [-0.2, 0) is 11.2 Å². The number of fused-ring (bicyclic) bond motifs is 3. The van der Waals surface area contributed by atoms with Gasteiger partial charge in [-0.15, -0.1) is 8.78 Å². The fraction of sp³-hybridized carbons (Fsp3) is 0.387. The third-order valence-corrected chi connectivity index (χ3v) is 7.52. The lowest BCUT2D eigenvalue weighted by molar-refractivity contribution is -0.119. The zero-order valence-corrected chi connectivity index (χ0v) is 24.2. The molecule has 1 aliphatic carbocycles. The van der Waals surface area contributed by atoms with Crippen LogP contribution in [0.4, 0.5) is 19.3 Å². The summed E-state index contributed by atoms with van der Waals surface area (Å²) >= 11 is 6.04. The van der Waals surface area contributed by atoms with Crippen LogP contribution in [0, 0.1) is 5.41 Å². The Morgan fingerprint density at radius 2 is 1.76 bits per heavy atom. The Morgan fingerprint density at radius 1 is 1.07 bits per heavy atom. The molecule has 2 aliphatic rings. The van der Waals surface area contributed by atoms with Gasteiger partial charge in [-0.1, -0.05) is 44.5 Å². The zero-order valence-electron chi connectivity index (χ0n) is 23.5. The van der Waals surface area contributed by atoms with E-state index in [0.29, 0.717) is 17.0 Å². The van der Waals surface area contributed by atoms with Crippen LogP contribution in [0.5, 0.6) is 0 Å². The molecule has 41 heavy (non-hydrogen) atoms. The van der Waals surface area contributed by atoms with E-state index in [2.05, 4.69) is 47.0 Å². The standard InChI is InChI=1S/C30H33ClN4O2.CF2O/c1-18(36)34-25-10-9-22-23-14-20(27(37)13-19-5-7-21(31)8-6-19)15-24(26-16-32-11-12-33-26)28(23)35(29(22)25)17-30(2,3)4;2-1(3)4/h5-8,11-12,14-16,22,25,29H,9-10,13,17H2,1-4H3,(H,34,36);/t22-,25+,29+;/m0./s1. The number of Topliss-reactive ketones (excluding diaryl/α,β-unsaturated/α-hetero) is 1.